The van der Waals surface area contributed by atoms with Crippen LogP contribution in [0.25, 0.3) is 0 Å². The van der Waals surface area contributed by atoms with Crippen molar-refractivity contribution in [2.24, 2.45) is 0 Å². The number of aromatic nitrogens is 2. The molecule has 1 N–H and O–H groups in total. The summed E-state index contributed by atoms with van der Waals surface area (Å²) in [5, 5.41) is 10.0. The zero-order chi connectivity index (χ0) is 16.2. The largest absolute Gasteiger partial charge is 0.388 e. The summed E-state index contributed by atoms with van der Waals surface area (Å²) in [6, 6.07) is 0. The first-order valence-electron chi connectivity index (χ1n) is 8.35. The number of anilines is 1. The maximum absolute atomic E-state index is 12.5. The van der Waals surface area contributed by atoms with E-state index in [1.807, 2.05) is 16.7 Å². The molecule has 0 unspecified atom stereocenters. The summed E-state index contributed by atoms with van der Waals surface area (Å²) in [5.74, 6) is 0.564. The van der Waals surface area contributed by atoms with E-state index in [0.29, 0.717) is 31.2 Å². The minimum Gasteiger partial charge on any atom is -0.388 e. The van der Waals surface area contributed by atoms with Gasteiger partial charge in [-0.1, -0.05) is 0 Å². The van der Waals surface area contributed by atoms with Crippen LogP contribution in [0, 0.1) is 0 Å². The third kappa shape index (κ3) is 3.61. The van der Waals surface area contributed by atoms with Gasteiger partial charge < -0.3 is 19.6 Å². The van der Waals surface area contributed by atoms with E-state index in [1.165, 1.54) is 12.6 Å². The van der Waals surface area contributed by atoms with Gasteiger partial charge in [-0.05, 0) is 26.2 Å². The van der Waals surface area contributed by atoms with Crippen LogP contribution < -0.4 is 4.90 Å². The summed E-state index contributed by atoms with van der Waals surface area (Å²) >= 11 is 0. The van der Waals surface area contributed by atoms with Crippen molar-refractivity contribution in [2.75, 3.05) is 37.7 Å². The number of rotatable bonds is 4. The van der Waals surface area contributed by atoms with Crippen LogP contribution in [0.1, 0.15) is 36.7 Å². The summed E-state index contributed by atoms with van der Waals surface area (Å²) in [4.78, 5) is 24.9. The molecule has 23 heavy (non-hydrogen) atoms. The fourth-order valence-corrected chi connectivity index (χ4v) is 3.19. The molecule has 0 spiro atoms. The van der Waals surface area contributed by atoms with E-state index in [0.717, 1.165) is 25.9 Å². The normalized spacial score (nSPS) is 25.0. The second-order valence-corrected chi connectivity index (χ2v) is 6.08. The molecule has 1 aromatic heterocycles. The zero-order valence-electron chi connectivity index (χ0n) is 13.5. The molecule has 2 aliphatic rings. The van der Waals surface area contributed by atoms with Gasteiger partial charge in [0.2, 0.25) is 0 Å². The van der Waals surface area contributed by atoms with E-state index >= 15 is 0 Å². The molecule has 7 nitrogen and oxygen atoms in total. The van der Waals surface area contributed by atoms with Crippen LogP contribution >= 0.6 is 0 Å². The number of piperidine rings is 1. The van der Waals surface area contributed by atoms with Gasteiger partial charge in [0.15, 0.2) is 0 Å². The number of likely N-dealkylation sites (tertiary alicyclic amines) is 1. The maximum atomic E-state index is 12.5. The fourth-order valence-electron chi connectivity index (χ4n) is 3.19. The van der Waals surface area contributed by atoms with Crippen molar-refractivity contribution >= 4 is 11.7 Å². The number of ether oxygens (including phenoxy) is 1. The smallest absolute Gasteiger partial charge is 0.274 e. The van der Waals surface area contributed by atoms with Crippen molar-refractivity contribution in [1.29, 1.82) is 0 Å². The minimum atomic E-state index is -0.543. The lowest BCUT2D eigenvalue weighted by Crippen LogP contribution is -2.36. The first kappa shape index (κ1) is 16.1. The molecule has 0 saturated carbocycles. The van der Waals surface area contributed by atoms with Crippen LogP contribution in [-0.2, 0) is 4.74 Å². The molecule has 0 radical (unpaired) electrons. The molecule has 0 bridgehead atoms. The first-order valence-corrected chi connectivity index (χ1v) is 8.35. The molecule has 126 valence electrons. The summed E-state index contributed by atoms with van der Waals surface area (Å²) in [7, 11) is 0. The van der Waals surface area contributed by atoms with Crippen molar-refractivity contribution in [3.63, 3.8) is 0 Å². The van der Waals surface area contributed by atoms with Crippen LogP contribution in [0.5, 0.6) is 0 Å². The minimum absolute atomic E-state index is 0.0554. The average Bonchev–Trinajstić information content (AvgIpc) is 2.96. The van der Waals surface area contributed by atoms with Crippen LogP contribution in [0.15, 0.2) is 12.4 Å². The topological polar surface area (TPSA) is 78.8 Å². The van der Waals surface area contributed by atoms with Crippen LogP contribution in [0.4, 0.5) is 5.82 Å². The van der Waals surface area contributed by atoms with Gasteiger partial charge in [0.25, 0.3) is 5.91 Å². The van der Waals surface area contributed by atoms with Crippen molar-refractivity contribution < 1.29 is 14.6 Å². The van der Waals surface area contributed by atoms with E-state index in [4.69, 9.17) is 4.74 Å². The summed E-state index contributed by atoms with van der Waals surface area (Å²) < 4.78 is 5.52. The number of β-amino-alcohol motifs (C(OH)–C–C–N with tert-alkyl or cyclic N) is 1. The Labute approximate surface area is 136 Å². The number of amides is 1. The molecule has 2 saturated heterocycles. The molecule has 2 fully saturated rings. The van der Waals surface area contributed by atoms with E-state index in [2.05, 4.69) is 9.97 Å². The average molecular weight is 320 g/mol. The standard InChI is InChI=1S/C16H24N4O3/c1-2-23-14-11-20(10-13(14)21)15-9-17-8-12(18-15)16(22)19-6-4-3-5-7-19/h8-9,13-14,21H,2-7,10-11H2,1H3/t13-,14-/m0/s1. The third-order valence-electron chi connectivity index (χ3n) is 4.43. The van der Waals surface area contributed by atoms with Gasteiger partial charge in [-0.15, -0.1) is 0 Å². The number of hydrogen-bond acceptors (Lipinski definition) is 6. The number of nitrogens with zero attached hydrogens (tertiary/aromatic N) is 4. The Hall–Kier alpha value is -1.73. The van der Waals surface area contributed by atoms with Crippen LogP contribution in [-0.4, -0.2) is 70.9 Å². The van der Waals surface area contributed by atoms with Crippen LogP contribution in [0.2, 0.25) is 0 Å². The van der Waals surface area contributed by atoms with Crippen LogP contribution in [0.3, 0.4) is 0 Å². The van der Waals surface area contributed by atoms with Gasteiger partial charge in [0.05, 0.1) is 18.5 Å². The Bertz CT molecular complexity index is 548. The van der Waals surface area contributed by atoms with Crippen molar-refractivity contribution in [3.05, 3.63) is 18.1 Å². The number of hydrogen-bond donors (Lipinski definition) is 1. The molecule has 3 heterocycles. The van der Waals surface area contributed by atoms with Gasteiger partial charge in [0, 0.05) is 32.8 Å². The summed E-state index contributed by atoms with van der Waals surface area (Å²) in [5.41, 5.74) is 0.374. The number of aliphatic hydroxyl groups is 1. The van der Waals surface area contributed by atoms with Crippen molar-refractivity contribution in [3.8, 4) is 0 Å². The first-order chi connectivity index (χ1) is 11.2. The lowest BCUT2D eigenvalue weighted by Gasteiger charge is -2.26. The molecular weight excluding hydrogens is 296 g/mol. The van der Waals surface area contributed by atoms with E-state index in [9.17, 15) is 9.90 Å². The number of carbonyl (C=O) groups is 1. The predicted octanol–water partition coefficient (Wildman–Crippen LogP) is 0.689. The zero-order valence-corrected chi connectivity index (χ0v) is 13.5. The molecule has 3 rings (SSSR count). The fraction of sp³-hybridized carbons (Fsp3) is 0.688. The highest BCUT2D eigenvalue weighted by Crippen LogP contribution is 2.21. The lowest BCUT2D eigenvalue weighted by molar-refractivity contribution is -0.00189. The van der Waals surface area contributed by atoms with E-state index in [1.54, 1.807) is 6.20 Å². The quantitative estimate of drug-likeness (QED) is 0.879. The lowest BCUT2D eigenvalue weighted by atomic mass is 10.1. The summed E-state index contributed by atoms with van der Waals surface area (Å²) in [6.07, 6.45) is 5.67. The Morgan fingerprint density at radius 2 is 2.09 bits per heavy atom. The summed E-state index contributed by atoms with van der Waals surface area (Å²) in [6.45, 7) is 5.06. The van der Waals surface area contributed by atoms with E-state index < -0.39 is 6.10 Å². The van der Waals surface area contributed by atoms with Gasteiger partial charge in [-0.2, -0.15) is 0 Å². The highest BCUT2D eigenvalue weighted by atomic mass is 16.5. The highest BCUT2D eigenvalue weighted by Gasteiger charge is 2.33. The Morgan fingerprint density at radius 1 is 1.30 bits per heavy atom. The Balaban J connectivity index is 1.71. The Kier molecular flexibility index (Phi) is 5.07. The second kappa shape index (κ2) is 7.23. The van der Waals surface area contributed by atoms with Crippen molar-refractivity contribution in [2.45, 2.75) is 38.4 Å². The molecule has 2 atom stereocenters. The molecule has 0 aromatic carbocycles. The molecule has 1 aromatic rings. The van der Waals surface area contributed by atoms with Gasteiger partial charge in [-0.25, -0.2) is 4.98 Å². The maximum Gasteiger partial charge on any atom is 0.274 e. The van der Waals surface area contributed by atoms with Crippen molar-refractivity contribution in [1.82, 2.24) is 14.9 Å². The number of aliphatic hydroxyl groups excluding tert-OH is 1. The molecule has 2 aliphatic heterocycles. The van der Waals surface area contributed by atoms with E-state index in [-0.39, 0.29) is 12.0 Å². The predicted molar refractivity (Wildman–Crippen MR) is 85.4 cm³/mol. The monoisotopic (exact) mass is 320 g/mol. The molecule has 7 heteroatoms. The Morgan fingerprint density at radius 3 is 2.83 bits per heavy atom. The third-order valence-corrected chi connectivity index (χ3v) is 4.43. The second-order valence-electron chi connectivity index (χ2n) is 6.08. The highest BCUT2D eigenvalue weighted by molar-refractivity contribution is 5.92. The van der Waals surface area contributed by atoms with Gasteiger partial charge >= 0.3 is 0 Å². The molecular formula is C16H24N4O3. The number of carbonyl (C=O) groups excluding carboxylic acids is 1. The SMILES string of the molecule is CCO[C@H]1CN(c2cncc(C(=O)N3CCCCC3)n2)C[C@@H]1O. The molecule has 0 aliphatic carbocycles. The van der Waals surface area contributed by atoms with Gasteiger partial charge in [-0.3, -0.25) is 9.78 Å². The van der Waals surface area contributed by atoms with Gasteiger partial charge in [0.1, 0.15) is 17.6 Å². The molecule has 1 amide bonds.